The number of thiophene rings is 1. The summed E-state index contributed by atoms with van der Waals surface area (Å²) in [7, 11) is 0. The van der Waals surface area contributed by atoms with Crippen LogP contribution in [0.4, 0.5) is 0 Å². The molecular formula is C26H27N3O2S. The number of hydrogen-bond donors (Lipinski definition) is 2. The molecule has 4 rings (SSSR count). The zero-order valence-electron chi connectivity index (χ0n) is 18.3. The van der Waals surface area contributed by atoms with Crippen molar-refractivity contribution in [2.45, 2.75) is 39.2 Å². The lowest BCUT2D eigenvalue weighted by Gasteiger charge is -2.19. The van der Waals surface area contributed by atoms with E-state index in [-0.39, 0.29) is 23.9 Å². The lowest BCUT2D eigenvalue weighted by Crippen LogP contribution is -2.29. The van der Waals surface area contributed by atoms with Crippen molar-refractivity contribution in [1.82, 2.24) is 15.3 Å². The molecule has 2 heterocycles. The Hall–Kier alpha value is -3.25. The van der Waals surface area contributed by atoms with Gasteiger partial charge in [-0.25, -0.2) is 4.98 Å². The first-order chi connectivity index (χ1) is 15.5. The van der Waals surface area contributed by atoms with Gasteiger partial charge in [-0.2, -0.15) is 0 Å². The number of nitrogens with one attached hydrogen (secondary N) is 2. The molecule has 4 aromatic rings. The van der Waals surface area contributed by atoms with Gasteiger partial charge < -0.3 is 10.3 Å². The maximum absolute atomic E-state index is 12.8. The zero-order valence-corrected chi connectivity index (χ0v) is 19.1. The molecule has 0 aliphatic carbocycles. The van der Waals surface area contributed by atoms with Crippen LogP contribution < -0.4 is 10.9 Å². The molecule has 6 heteroatoms. The molecule has 0 spiro atoms. The summed E-state index contributed by atoms with van der Waals surface area (Å²) in [6, 6.07) is 19.6. The molecule has 2 aromatic heterocycles. The molecule has 164 valence electrons. The second-order valence-corrected chi connectivity index (χ2v) is 9.36. The van der Waals surface area contributed by atoms with Crippen LogP contribution in [0.1, 0.15) is 48.1 Å². The van der Waals surface area contributed by atoms with Crippen LogP contribution in [-0.4, -0.2) is 15.9 Å². The first-order valence-corrected chi connectivity index (χ1v) is 11.8. The number of amides is 1. The van der Waals surface area contributed by atoms with Crippen LogP contribution in [0.15, 0.2) is 70.8 Å². The number of rotatable bonds is 8. The Labute approximate surface area is 191 Å². The van der Waals surface area contributed by atoms with Crippen LogP contribution in [-0.2, 0) is 17.6 Å². The van der Waals surface area contributed by atoms with Crippen molar-refractivity contribution < 1.29 is 4.79 Å². The molecule has 0 saturated heterocycles. The predicted octanol–water partition coefficient (Wildman–Crippen LogP) is 5.02. The molecule has 5 nitrogen and oxygen atoms in total. The second-order valence-electron chi connectivity index (χ2n) is 8.39. The van der Waals surface area contributed by atoms with Gasteiger partial charge in [-0.15, -0.1) is 11.3 Å². The molecule has 32 heavy (non-hydrogen) atoms. The Morgan fingerprint density at radius 2 is 1.84 bits per heavy atom. The molecule has 0 radical (unpaired) electrons. The van der Waals surface area contributed by atoms with Crippen molar-refractivity contribution in [3.8, 4) is 0 Å². The summed E-state index contributed by atoms with van der Waals surface area (Å²) in [4.78, 5) is 33.5. The number of aromatic amines is 1. The fourth-order valence-electron chi connectivity index (χ4n) is 3.81. The fourth-order valence-corrected chi connectivity index (χ4v) is 4.61. The number of H-pyrrole nitrogens is 1. The standard InChI is InChI=1S/C26H27N3O2S/c1-17(2)16-18-9-11-19(12-10-18)25(22-8-5-15-32-22)29-24(30)14-13-23-27-21-7-4-3-6-20(21)26(31)28-23/h3-12,15,17,25H,13-14,16H2,1-2H3,(H,29,30)(H,27,28,31). The van der Waals surface area contributed by atoms with Crippen molar-refractivity contribution in [1.29, 1.82) is 0 Å². The minimum absolute atomic E-state index is 0.0783. The Balaban J connectivity index is 1.47. The summed E-state index contributed by atoms with van der Waals surface area (Å²) in [5.41, 5.74) is 2.82. The van der Waals surface area contributed by atoms with E-state index >= 15 is 0 Å². The normalized spacial score (nSPS) is 12.2. The Kier molecular flexibility index (Phi) is 6.81. The van der Waals surface area contributed by atoms with E-state index in [9.17, 15) is 9.59 Å². The molecule has 1 atom stereocenters. The Bertz CT molecular complexity index is 1240. The summed E-state index contributed by atoms with van der Waals surface area (Å²) < 4.78 is 0. The Morgan fingerprint density at radius 1 is 1.06 bits per heavy atom. The third kappa shape index (κ3) is 5.32. The van der Waals surface area contributed by atoms with Gasteiger partial charge in [0.25, 0.3) is 5.56 Å². The minimum atomic E-state index is -0.195. The van der Waals surface area contributed by atoms with Gasteiger partial charge in [0, 0.05) is 17.7 Å². The highest BCUT2D eigenvalue weighted by atomic mass is 32.1. The van der Waals surface area contributed by atoms with Crippen molar-refractivity contribution in [2.24, 2.45) is 5.92 Å². The van der Waals surface area contributed by atoms with E-state index in [1.165, 1.54) is 5.56 Å². The highest BCUT2D eigenvalue weighted by molar-refractivity contribution is 7.10. The van der Waals surface area contributed by atoms with E-state index in [1.807, 2.05) is 35.7 Å². The quantitative estimate of drug-likeness (QED) is 0.400. The molecule has 1 amide bonds. The number of hydrogen-bond acceptors (Lipinski definition) is 4. The maximum atomic E-state index is 12.8. The largest absolute Gasteiger partial charge is 0.344 e. The molecule has 2 aromatic carbocycles. The van der Waals surface area contributed by atoms with Crippen molar-refractivity contribution >= 4 is 28.1 Å². The minimum Gasteiger partial charge on any atom is -0.344 e. The first-order valence-electron chi connectivity index (χ1n) is 10.9. The number of fused-ring (bicyclic) bond motifs is 1. The zero-order chi connectivity index (χ0) is 22.5. The van der Waals surface area contributed by atoms with Gasteiger partial charge in [-0.05, 0) is 47.0 Å². The summed E-state index contributed by atoms with van der Waals surface area (Å²) in [5, 5.41) is 5.74. The molecule has 2 N–H and O–H groups in total. The van der Waals surface area contributed by atoms with E-state index in [2.05, 4.69) is 53.4 Å². The fraction of sp³-hybridized carbons (Fsp3) is 0.269. The van der Waals surface area contributed by atoms with Gasteiger partial charge in [0.1, 0.15) is 5.82 Å². The summed E-state index contributed by atoms with van der Waals surface area (Å²) in [6.45, 7) is 4.42. The predicted molar refractivity (Wildman–Crippen MR) is 130 cm³/mol. The lowest BCUT2D eigenvalue weighted by molar-refractivity contribution is -0.121. The SMILES string of the molecule is CC(C)Cc1ccc(C(NC(=O)CCc2nc3ccccc3c(=O)[nH]2)c2cccs2)cc1. The maximum Gasteiger partial charge on any atom is 0.258 e. The van der Waals surface area contributed by atoms with E-state index < -0.39 is 0 Å². The number of aromatic nitrogens is 2. The molecule has 0 aliphatic heterocycles. The molecule has 0 bridgehead atoms. The van der Waals surface area contributed by atoms with Crippen LogP contribution in [0.3, 0.4) is 0 Å². The van der Waals surface area contributed by atoms with Gasteiger partial charge in [-0.3, -0.25) is 9.59 Å². The number of benzene rings is 2. The van der Waals surface area contributed by atoms with E-state index in [0.29, 0.717) is 29.1 Å². The number of aryl methyl sites for hydroxylation is 1. The van der Waals surface area contributed by atoms with Crippen molar-refractivity contribution in [3.05, 3.63) is 98.2 Å². The van der Waals surface area contributed by atoms with Gasteiger partial charge >= 0.3 is 0 Å². The highest BCUT2D eigenvalue weighted by Gasteiger charge is 2.18. The lowest BCUT2D eigenvalue weighted by atomic mass is 9.98. The monoisotopic (exact) mass is 445 g/mol. The second kappa shape index (κ2) is 9.92. The number of nitrogens with zero attached hydrogens (tertiary/aromatic N) is 1. The van der Waals surface area contributed by atoms with E-state index in [1.54, 1.807) is 17.4 Å². The van der Waals surface area contributed by atoms with Gasteiger partial charge in [-0.1, -0.05) is 56.3 Å². The third-order valence-corrected chi connectivity index (χ3v) is 6.28. The molecule has 1 unspecified atom stereocenters. The molecular weight excluding hydrogens is 418 g/mol. The van der Waals surface area contributed by atoms with Gasteiger partial charge in [0.2, 0.25) is 5.91 Å². The van der Waals surface area contributed by atoms with Crippen LogP contribution in [0.2, 0.25) is 0 Å². The number of carbonyl (C=O) groups is 1. The van der Waals surface area contributed by atoms with Gasteiger partial charge in [0.15, 0.2) is 0 Å². The average molecular weight is 446 g/mol. The van der Waals surface area contributed by atoms with Crippen molar-refractivity contribution in [3.63, 3.8) is 0 Å². The number of carbonyl (C=O) groups excluding carboxylic acids is 1. The molecule has 0 fully saturated rings. The number of para-hydroxylation sites is 1. The summed E-state index contributed by atoms with van der Waals surface area (Å²) in [6.07, 6.45) is 1.65. The summed E-state index contributed by atoms with van der Waals surface area (Å²) >= 11 is 1.63. The first kappa shape index (κ1) is 22.0. The van der Waals surface area contributed by atoms with Crippen molar-refractivity contribution in [2.75, 3.05) is 0 Å². The summed E-state index contributed by atoms with van der Waals surface area (Å²) in [5.74, 6) is 1.05. The van der Waals surface area contributed by atoms with Crippen LogP contribution in [0.5, 0.6) is 0 Å². The highest BCUT2D eigenvalue weighted by Crippen LogP contribution is 2.27. The smallest absolute Gasteiger partial charge is 0.258 e. The molecule has 0 aliphatic rings. The third-order valence-electron chi connectivity index (χ3n) is 5.34. The van der Waals surface area contributed by atoms with E-state index in [0.717, 1.165) is 16.9 Å². The van der Waals surface area contributed by atoms with Crippen LogP contribution in [0, 0.1) is 5.92 Å². The van der Waals surface area contributed by atoms with Crippen LogP contribution >= 0.6 is 11.3 Å². The molecule has 0 saturated carbocycles. The van der Waals surface area contributed by atoms with Gasteiger partial charge in [0.05, 0.1) is 16.9 Å². The average Bonchev–Trinajstić information content (AvgIpc) is 3.31. The topological polar surface area (TPSA) is 74.8 Å². The van der Waals surface area contributed by atoms with Crippen LogP contribution in [0.25, 0.3) is 10.9 Å². The Morgan fingerprint density at radius 3 is 2.56 bits per heavy atom. The van der Waals surface area contributed by atoms with E-state index in [4.69, 9.17) is 0 Å².